The second-order valence-electron chi connectivity index (χ2n) is 8.50. The predicted octanol–water partition coefficient (Wildman–Crippen LogP) is 3.86. The molecule has 1 amide bonds. The summed E-state index contributed by atoms with van der Waals surface area (Å²) in [7, 11) is -3.61. The van der Waals surface area contributed by atoms with E-state index in [-0.39, 0.29) is 11.7 Å². The molecule has 0 saturated carbocycles. The Balaban J connectivity index is 1.67. The Morgan fingerprint density at radius 3 is 2.13 bits per heavy atom. The van der Waals surface area contributed by atoms with Crippen molar-refractivity contribution in [2.75, 3.05) is 13.1 Å². The summed E-state index contributed by atoms with van der Waals surface area (Å²) < 4.78 is 41.0. The van der Waals surface area contributed by atoms with Crippen LogP contribution in [0.15, 0.2) is 41.3 Å². The smallest absolute Gasteiger partial charge is 0.243 e. The lowest BCUT2D eigenvalue weighted by molar-refractivity contribution is -0.132. The molecule has 1 aliphatic heterocycles. The molecule has 0 aliphatic carbocycles. The van der Waals surface area contributed by atoms with Crippen LogP contribution in [0, 0.1) is 32.0 Å². The number of nitrogens with one attached hydrogen (secondary N) is 1. The first-order valence-electron chi connectivity index (χ1n) is 10.1. The lowest BCUT2D eigenvalue weighted by atomic mass is 9.80. The van der Waals surface area contributed by atoms with Crippen molar-refractivity contribution in [2.45, 2.75) is 52.0 Å². The lowest BCUT2D eigenvalue weighted by Crippen LogP contribution is -2.48. The van der Waals surface area contributed by atoms with E-state index in [1.807, 2.05) is 39.8 Å². The fourth-order valence-corrected chi connectivity index (χ4v) is 6.00. The van der Waals surface area contributed by atoms with Gasteiger partial charge in [0.25, 0.3) is 0 Å². The van der Waals surface area contributed by atoms with E-state index in [9.17, 15) is 17.6 Å². The number of amides is 1. The van der Waals surface area contributed by atoms with Gasteiger partial charge in [0.15, 0.2) is 0 Å². The number of hydrogen-bond acceptors (Lipinski definition) is 3. The predicted molar refractivity (Wildman–Crippen MR) is 115 cm³/mol. The normalized spacial score (nSPS) is 17.0. The second-order valence-corrected chi connectivity index (χ2v) is 10.4. The zero-order valence-corrected chi connectivity index (χ0v) is 18.8. The quantitative estimate of drug-likeness (QED) is 0.780. The van der Waals surface area contributed by atoms with Gasteiger partial charge in [-0.2, -0.15) is 4.31 Å². The van der Waals surface area contributed by atoms with Crippen molar-refractivity contribution in [1.82, 2.24) is 9.62 Å². The minimum atomic E-state index is -3.61. The minimum Gasteiger partial charge on any atom is -0.352 e. The van der Waals surface area contributed by atoms with Crippen LogP contribution in [0.1, 0.15) is 42.0 Å². The molecule has 30 heavy (non-hydrogen) atoms. The highest BCUT2D eigenvalue weighted by Crippen LogP contribution is 2.35. The number of sulfonamides is 1. The molecule has 0 atom stereocenters. The molecular formula is C23H29FN2O3S. The number of aryl methyl sites for hydroxylation is 3. The van der Waals surface area contributed by atoms with Crippen LogP contribution in [-0.2, 0) is 21.4 Å². The number of benzene rings is 2. The molecule has 1 fully saturated rings. The molecule has 1 N–H and O–H groups in total. The molecule has 3 rings (SSSR count). The Hall–Kier alpha value is -2.25. The van der Waals surface area contributed by atoms with E-state index in [0.717, 1.165) is 22.3 Å². The van der Waals surface area contributed by atoms with Gasteiger partial charge < -0.3 is 5.32 Å². The summed E-state index contributed by atoms with van der Waals surface area (Å²) in [5.74, 6) is -0.420. The lowest BCUT2D eigenvalue weighted by Gasteiger charge is -2.38. The molecule has 5 nitrogen and oxygen atoms in total. The van der Waals surface area contributed by atoms with Crippen LogP contribution < -0.4 is 5.32 Å². The Morgan fingerprint density at radius 1 is 1.07 bits per heavy atom. The first kappa shape index (κ1) is 22.4. The van der Waals surface area contributed by atoms with Gasteiger partial charge in [0.1, 0.15) is 5.82 Å². The largest absolute Gasteiger partial charge is 0.352 e. The molecule has 7 heteroatoms. The highest BCUT2D eigenvalue weighted by molar-refractivity contribution is 7.89. The number of nitrogens with zero attached hydrogens (tertiary/aromatic N) is 1. The molecular weight excluding hydrogens is 403 g/mol. The Bertz CT molecular complexity index is 1020. The van der Waals surface area contributed by atoms with Crippen LogP contribution in [0.3, 0.4) is 0 Å². The molecule has 2 aromatic rings. The van der Waals surface area contributed by atoms with Crippen molar-refractivity contribution < 1.29 is 17.6 Å². The summed E-state index contributed by atoms with van der Waals surface area (Å²) >= 11 is 0. The highest BCUT2D eigenvalue weighted by atomic mass is 32.2. The van der Waals surface area contributed by atoms with Crippen LogP contribution in [0.2, 0.25) is 0 Å². The van der Waals surface area contributed by atoms with Gasteiger partial charge in [-0.1, -0.05) is 36.8 Å². The average Bonchev–Trinajstić information content (AvgIpc) is 2.66. The van der Waals surface area contributed by atoms with Gasteiger partial charge in [-0.15, -0.1) is 0 Å². The van der Waals surface area contributed by atoms with Crippen LogP contribution >= 0.6 is 0 Å². The third-order valence-corrected chi connectivity index (χ3v) is 8.15. The minimum absolute atomic E-state index is 0.105. The van der Waals surface area contributed by atoms with Crippen molar-refractivity contribution in [3.63, 3.8) is 0 Å². The van der Waals surface area contributed by atoms with E-state index in [1.165, 1.54) is 16.4 Å². The topological polar surface area (TPSA) is 66.5 Å². The molecule has 1 saturated heterocycles. The SMILES string of the molecule is Cc1cc(C)c(S(=O)(=O)N2CCC(C)(C(=O)NCc3ccc(F)cc3)CC2)c(C)c1. The van der Waals surface area contributed by atoms with Gasteiger partial charge in [0.2, 0.25) is 15.9 Å². The summed E-state index contributed by atoms with van der Waals surface area (Å²) in [4.78, 5) is 13.2. The van der Waals surface area contributed by atoms with E-state index >= 15 is 0 Å². The fraction of sp³-hybridized carbons (Fsp3) is 0.435. The molecule has 0 radical (unpaired) electrons. The van der Waals surface area contributed by atoms with Gasteiger partial charge in [0, 0.05) is 25.0 Å². The van der Waals surface area contributed by atoms with E-state index < -0.39 is 15.4 Å². The van der Waals surface area contributed by atoms with Gasteiger partial charge in [-0.05, 0) is 62.4 Å². The van der Waals surface area contributed by atoms with E-state index in [4.69, 9.17) is 0 Å². The van der Waals surface area contributed by atoms with Gasteiger partial charge in [-0.3, -0.25) is 4.79 Å². The zero-order valence-electron chi connectivity index (χ0n) is 18.0. The maximum atomic E-state index is 13.3. The molecule has 1 aliphatic rings. The Labute approximate surface area is 178 Å². The summed E-state index contributed by atoms with van der Waals surface area (Å²) in [6.45, 7) is 8.39. The van der Waals surface area contributed by atoms with E-state index in [2.05, 4.69) is 5.32 Å². The molecule has 0 aromatic heterocycles. The maximum Gasteiger partial charge on any atom is 0.243 e. The molecule has 1 heterocycles. The summed E-state index contributed by atoms with van der Waals surface area (Å²) in [6, 6.07) is 9.77. The third-order valence-electron chi connectivity index (χ3n) is 5.94. The molecule has 0 unspecified atom stereocenters. The molecule has 0 bridgehead atoms. The van der Waals surface area contributed by atoms with Crippen molar-refractivity contribution in [1.29, 1.82) is 0 Å². The van der Waals surface area contributed by atoms with E-state index in [1.54, 1.807) is 12.1 Å². The highest BCUT2D eigenvalue weighted by Gasteiger charge is 2.40. The molecule has 0 spiro atoms. The Kier molecular flexibility index (Phi) is 6.34. The van der Waals surface area contributed by atoms with Crippen LogP contribution in [-0.4, -0.2) is 31.7 Å². The van der Waals surface area contributed by atoms with E-state index in [0.29, 0.717) is 37.4 Å². The van der Waals surface area contributed by atoms with Crippen molar-refractivity contribution in [2.24, 2.45) is 5.41 Å². The number of hydrogen-bond donors (Lipinski definition) is 1. The van der Waals surface area contributed by atoms with Crippen LogP contribution in [0.4, 0.5) is 4.39 Å². The summed E-state index contributed by atoms with van der Waals surface area (Å²) in [6.07, 6.45) is 0.900. The summed E-state index contributed by atoms with van der Waals surface area (Å²) in [5.41, 5.74) is 2.71. The fourth-order valence-electron chi connectivity index (χ4n) is 4.15. The van der Waals surface area contributed by atoms with Gasteiger partial charge in [-0.25, -0.2) is 12.8 Å². The number of carbonyl (C=O) groups excluding carboxylic acids is 1. The number of carbonyl (C=O) groups is 1. The number of rotatable bonds is 5. The first-order valence-corrected chi connectivity index (χ1v) is 11.6. The van der Waals surface area contributed by atoms with Crippen molar-refractivity contribution >= 4 is 15.9 Å². The van der Waals surface area contributed by atoms with Crippen LogP contribution in [0.5, 0.6) is 0 Å². The second kappa shape index (κ2) is 8.47. The maximum absolute atomic E-state index is 13.3. The number of piperidine rings is 1. The summed E-state index contributed by atoms with van der Waals surface area (Å²) in [5, 5.41) is 2.91. The van der Waals surface area contributed by atoms with Crippen LogP contribution in [0.25, 0.3) is 0 Å². The average molecular weight is 433 g/mol. The van der Waals surface area contributed by atoms with Gasteiger partial charge >= 0.3 is 0 Å². The standard InChI is InChI=1S/C23H29FN2O3S/c1-16-13-17(2)21(18(3)14-16)30(28,29)26-11-9-23(4,10-12-26)22(27)25-15-19-5-7-20(24)8-6-19/h5-8,13-14H,9-12,15H2,1-4H3,(H,25,27). The third kappa shape index (κ3) is 4.57. The molecule has 2 aromatic carbocycles. The van der Waals surface area contributed by atoms with Crippen molar-refractivity contribution in [3.8, 4) is 0 Å². The first-order chi connectivity index (χ1) is 14.0. The Morgan fingerprint density at radius 2 is 1.60 bits per heavy atom. The number of halogens is 1. The molecule has 162 valence electrons. The zero-order chi connectivity index (χ0) is 22.1. The van der Waals surface area contributed by atoms with Crippen molar-refractivity contribution in [3.05, 3.63) is 64.5 Å². The monoisotopic (exact) mass is 432 g/mol. The van der Waals surface area contributed by atoms with Gasteiger partial charge in [0.05, 0.1) is 4.90 Å².